The first kappa shape index (κ1) is 14.5. The molecule has 2 aliphatic rings. The van der Waals surface area contributed by atoms with Crippen molar-refractivity contribution >= 4 is 18.5 Å². The van der Waals surface area contributed by atoms with E-state index in [0.29, 0.717) is 24.0 Å². The van der Waals surface area contributed by atoms with Gasteiger partial charge >= 0.3 is 7.12 Å². The Morgan fingerprint density at radius 2 is 1.81 bits per heavy atom. The Balaban J connectivity index is 1.99. The first-order valence-corrected chi connectivity index (χ1v) is 7.17. The van der Waals surface area contributed by atoms with Crippen LogP contribution in [-0.4, -0.2) is 30.8 Å². The van der Waals surface area contributed by atoms with Gasteiger partial charge in [-0.15, -0.1) is 0 Å². The van der Waals surface area contributed by atoms with Gasteiger partial charge in [0.1, 0.15) is 5.82 Å². The van der Waals surface area contributed by atoms with Crippen molar-refractivity contribution in [3.05, 3.63) is 29.1 Å². The molecule has 2 heterocycles. The molecule has 1 amide bonds. The molecule has 1 saturated heterocycles. The Kier molecular flexibility index (Phi) is 3.15. The van der Waals surface area contributed by atoms with Crippen molar-refractivity contribution in [2.45, 2.75) is 45.3 Å². The smallest absolute Gasteiger partial charge is 0.399 e. The van der Waals surface area contributed by atoms with Gasteiger partial charge in [0, 0.05) is 17.6 Å². The number of fused-ring (bicyclic) bond motifs is 1. The minimum Gasteiger partial charge on any atom is -0.399 e. The quantitative estimate of drug-likeness (QED) is 0.796. The number of hydrogen-bond donors (Lipinski definition) is 1. The molecule has 4 nitrogen and oxygen atoms in total. The fraction of sp³-hybridized carbons (Fsp3) is 0.533. The third-order valence-electron chi connectivity index (χ3n) is 4.65. The van der Waals surface area contributed by atoms with E-state index in [-0.39, 0.29) is 5.91 Å². The largest absolute Gasteiger partial charge is 0.497 e. The van der Waals surface area contributed by atoms with Crippen molar-refractivity contribution in [1.29, 1.82) is 0 Å². The Morgan fingerprint density at radius 3 is 2.43 bits per heavy atom. The van der Waals surface area contributed by atoms with Gasteiger partial charge < -0.3 is 14.6 Å². The van der Waals surface area contributed by atoms with Crippen LogP contribution in [0.2, 0.25) is 0 Å². The Hall–Kier alpha value is -1.40. The second-order valence-corrected chi connectivity index (χ2v) is 6.63. The summed E-state index contributed by atoms with van der Waals surface area (Å²) in [6, 6.07) is 2.98. The highest BCUT2D eigenvalue weighted by molar-refractivity contribution is 6.62. The van der Waals surface area contributed by atoms with Crippen LogP contribution in [0, 0.1) is 5.82 Å². The van der Waals surface area contributed by atoms with Gasteiger partial charge in [0.15, 0.2) is 0 Å². The molecule has 1 N–H and O–H groups in total. The van der Waals surface area contributed by atoms with E-state index < -0.39 is 24.1 Å². The fourth-order valence-corrected chi connectivity index (χ4v) is 2.61. The summed E-state index contributed by atoms with van der Waals surface area (Å²) in [5.41, 5.74) is 0.570. The van der Waals surface area contributed by atoms with Crippen LogP contribution < -0.4 is 10.8 Å². The number of benzene rings is 1. The second-order valence-electron chi connectivity index (χ2n) is 6.63. The second kappa shape index (κ2) is 4.55. The summed E-state index contributed by atoms with van der Waals surface area (Å²) in [7, 11) is -0.745. The molecule has 112 valence electrons. The van der Waals surface area contributed by atoms with E-state index in [2.05, 4.69) is 5.32 Å². The van der Waals surface area contributed by atoms with E-state index in [0.717, 1.165) is 5.56 Å². The zero-order valence-corrected chi connectivity index (χ0v) is 12.7. The molecule has 0 bridgehead atoms. The predicted molar refractivity (Wildman–Crippen MR) is 78.2 cm³/mol. The lowest BCUT2D eigenvalue weighted by Crippen LogP contribution is -2.41. The zero-order valence-electron chi connectivity index (χ0n) is 12.7. The summed E-state index contributed by atoms with van der Waals surface area (Å²) >= 11 is 0. The SMILES string of the molecule is CC1(C)OB(c2cc3c(cc2F)C(=O)NCC3)OC1(C)C. The summed E-state index contributed by atoms with van der Waals surface area (Å²) < 4.78 is 26.1. The van der Waals surface area contributed by atoms with E-state index in [9.17, 15) is 9.18 Å². The van der Waals surface area contributed by atoms with Crippen molar-refractivity contribution in [2.24, 2.45) is 0 Å². The van der Waals surface area contributed by atoms with Crippen molar-refractivity contribution in [1.82, 2.24) is 5.32 Å². The minimum atomic E-state index is -0.745. The van der Waals surface area contributed by atoms with Gasteiger partial charge in [0.05, 0.1) is 11.2 Å². The topological polar surface area (TPSA) is 47.6 Å². The van der Waals surface area contributed by atoms with E-state index in [4.69, 9.17) is 9.31 Å². The maximum absolute atomic E-state index is 14.4. The molecule has 0 aromatic heterocycles. The summed E-state index contributed by atoms with van der Waals surface area (Å²) in [6.45, 7) is 8.28. The fourth-order valence-electron chi connectivity index (χ4n) is 2.61. The number of hydrogen-bond acceptors (Lipinski definition) is 3. The summed E-state index contributed by atoms with van der Waals surface area (Å²) in [5, 5.41) is 2.71. The van der Waals surface area contributed by atoms with Crippen molar-refractivity contribution in [3.8, 4) is 0 Å². The first-order valence-electron chi connectivity index (χ1n) is 7.17. The van der Waals surface area contributed by atoms with E-state index in [1.54, 1.807) is 6.07 Å². The van der Waals surface area contributed by atoms with Gasteiger partial charge in [-0.2, -0.15) is 0 Å². The maximum atomic E-state index is 14.4. The van der Waals surface area contributed by atoms with E-state index in [1.807, 2.05) is 27.7 Å². The van der Waals surface area contributed by atoms with E-state index >= 15 is 0 Å². The van der Waals surface area contributed by atoms with Crippen LogP contribution in [-0.2, 0) is 15.7 Å². The van der Waals surface area contributed by atoms with Gasteiger partial charge in [0.25, 0.3) is 5.91 Å². The third kappa shape index (κ3) is 2.26. The summed E-state index contributed by atoms with van der Waals surface area (Å²) in [5.74, 6) is -0.695. The molecule has 6 heteroatoms. The number of halogens is 1. The van der Waals surface area contributed by atoms with Crippen LogP contribution in [0.3, 0.4) is 0 Å². The van der Waals surface area contributed by atoms with Crippen LogP contribution in [0.5, 0.6) is 0 Å². The number of carbonyl (C=O) groups excluding carboxylic acids is 1. The predicted octanol–water partition coefficient (Wildman–Crippen LogP) is 1.41. The van der Waals surface area contributed by atoms with Gasteiger partial charge in [-0.3, -0.25) is 4.79 Å². The lowest BCUT2D eigenvalue weighted by molar-refractivity contribution is 0.00578. The van der Waals surface area contributed by atoms with Gasteiger partial charge in [-0.1, -0.05) is 6.07 Å². The van der Waals surface area contributed by atoms with Crippen molar-refractivity contribution in [3.63, 3.8) is 0 Å². The summed E-state index contributed by atoms with van der Waals surface area (Å²) in [4.78, 5) is 11.7. The molecule has 0 atom stereocenters. The average Bonchev–Trinajstić information content (AvgIpc) is 2.59. The Morgan fingerprint density at radius 1 is 1.19 bits per heavy atom. The first-order chi connectivity index (χ1) is 9.71. The molecular formula is C15H19BFNO3. The van der Waals surface area contributed by atoms with Crippen LogP contribution in [0.25, 0.3) is 0 Å². The third-order valence-corrected chi connectivity index (χ3v) is 4.65. The molecule has 0 saturated carbocycles. The molecule has 21 heavy (non-hydrogen) atoms. The zero-order chi connectivity index (χ0) is 15.4. The average molecular weight is 291 g/mol. The number of rotatable bonds is 1. The minimum absolute atomic E-state index is 0.226. The Bertz CT molecular complexity index is 599. The molecule has 0 unspecified atom stereocenters. The normalized spacial score (nSPS) is 22.9. The van der Waals surface area contributed by atoms with Gasteiger partial charge in [-0.25, -0.2) is 4.39 Å². The number of nitrogens with one attached hydrogen (secondary N) is 1. The molecule has 0 radical (unpaired) electrons. The highest BCUT2D eigenvalue weighted by Crippen LogP contribution is 2.36. The molecule has 1 fully saturated rings. The van der Waals surface area contributed by atoms with Crippen molar-refractivity contribution in [2.75, 3.05) is 6.54 Å². The molecule has 0 spiro atoms. The molecule has 2 aliphatic heterocycles. The van der Waals surface area contributed by atoms with Gasteiger partial charge in [0.2, 0.25) is 0 Å². The molecule has 3 rings (SSSR count). The highest BCUT2D eigenvalue weighted by Gasteiger charge is 2.52. The molecular weight excluding hydrogens is 272 g/mol. The Labute approximate surface area is 124 Å². The lowest BCUT2D eigenvalue weighted by Gasteiger charge is -2.32. The monoisotopic (exact) mass is 291 g/mol. The molecule has 1 aromatic carbocycles. The molecule has 0 aliphatic carbocycles. The number of carbonyl (C=O) groups is 1. The van der Waals surface area contributed by atoms with Crippen molar-refractivity contribution < 1.29 is 18.5 Å². The number of amides is 1. The van der Waals surface area contributed by atoms with Crippen LogP contribution in [0.4, 0.5) is 4.39 Å². The van der Waals surface area contributed by atoms with Gasteiger partial charge in [-0.05, 0) is 45.7 Å². The standard InChI is InChI=1S/C15H19BFNO3/c1-14(2)15(3,4)21-16(20-14)11-7-9-5-6-18-13(19)10(9)8-12(11)17/h7-8H,5-6H2,1-4H3,(H,18,19). The van der Waals surface area contributed by atoms with Crippen LogP contribution in [0.15, 0.2) is 12.1 Å². The van der Waals surface area contributed by atoms with Crippen LogP contribution >= 0.6 is 0 Å². The summed E-state index contributed by atoms with van der Waals surface area (Å²) in [6.07, 6.45) is 0.688. The van der Waals surface area contributed by atoms with E-state index in [1.165, 1.54) is 6.07 Å². The maximum Gasteiger partial charge on any atom is 0.497 e. The highest BCUT2D eigenvalue weighted by atomic mass is 19.1. The van der Waals surface area contributed by atoms with Crippen LogP contribution in [0.1, 0.15) is 43.6 Å². The molecule has 1 aromatic rings. The lowest BCUT2D eigenvalue weighted by atomic mass is 9.76.